The Morgan fingerprint density at radius 3 is 1.35 bits per heavy atom. The number of hydrogen-bond acceptors (Lipinski definition) is 2. The van der Waals surface area contributed by atoms with E-state index in [1.165, 1.54) is 4.74 Å². The number of ether oxygens (including phenoxy) is 1. The molecule has 0 spiro atoms. The van der Waals surface area contributed by atoms with Crippen molar-refractivity contribution >= 4 is 6.04 Å². The summed E-state index contributed by atoms with van der Waals surface area (Å²) >= 11 is 0. The maximum Gasteiger partial charge on any atom is 0.483 e. The largest absolute Gasteiger partial charge is 0.483 e. The van der Waals surface area contributed by atoms with Gasteiger partial charge in [0.25, 0.3) is 0 Å². The molecule has 0 saturated heterocycles. The molecule has 0 aromatic rings. The predicted molar refractivity (Wildman–Crippen MR) is 28.1 cm³/mol. The van der Waals surface area contributed by atoms with Crippen LogP contribution < -0.4 is 0 Å². The zero-order chi connectivity index (χ0) is 14.3. The van der Waals surface area contributed by atoms with E-state index in [0.29, 0.717) is 0 Å². The minimum Gasteiger partial charge on any atom is -0.254 e. The van der Waals surface area contributed by atoms with E-state index in [2.05, 4.69) is 0 Å². The van der Waals surface area contributed by atoms with Crippen LogP contribution in [-0.2, 0) is 9.53 Å². The lowest BCUT2D eigenvalue weighted by atomic mass is 10.3. The number of carbonyl (C=O) groups excluding carboxylic acids is 1. The number of halogens is 10. The molecule has 0 atom stereocenters. The number of alkyl halides is 9. The highest BCUT2D eigenvalue weighted by Gasteiger charge is 2.72. The summed E-state index contributed by atoms with van der Waals surface area (Å²) in [5, 5.41) is 0. The third kappa shape index (κ3) is 2.98. The number of rotatable bonds is 4. The summed E-state index contributed by atoms with van der Waals surface area (Å²) in [7, 11) is 0. The molecule has 12 heteroatoms. The van der Waals surface area contributed by atoms with Gasteiger partial charge in [0.05, 0.1) is 0 Å². The van der Waals surface area contributed by atoms with Crippen molar-refractivity contribution in [2.45, 2.75) is 24.3 Å². The van der Waals surface area contributed by atoms with E-state index in [1.807, 2.05) is 0 Å². The average molecular weight is 282 g/mol. The Morgan fingerprint density at radius 1 is 0.765 bits per heavy atom. The molecule has 0 radical (unpaired) electrons. The predicted octanol–water partition coefficient (Wildman–Crippen LogP) is 2.88. The van der Waals surface area contributed by atoms with Gasteiger partial charge >= 0.3 is 30.4 Å². The second-order valence-electron chi connectivity index (χ2n) is 2.48. The van der Waals surface area contributed by atoms with Gasteiger partial charge < -0.3 is 0 Å². The first kappa shape index (κ1) is 15.9. The van der Waals surface area contributed by atoms with Gasteiger partial charge in [-0.1, -0.05) is 0 Å². The first-order valence-electron chi connectivity index (χ1n) is 3.25. The molecule has 0 aliphatic carbocycles. The van der Waals surface area contributed by atoms with E-state index in [9.17, 15) is 48.7 Å². The topological polar surface area (TPSA) is 26.3 Å². The first-order valence-corrected chi connectivity index (χ1v) is 3.25. The van der Waals surface area contributed by atoms with Crippen molar-refractivity contribution in [3.63, 3.8) is 0 Å². The molecule has 0 fully saturated rings. The Hall–Kier alpha value is -1.07. The summed E-state index contributed by atoms with van der Waals surface area (Å²) in [5.41, 5.74) is 0. The van der Waals surface area contributed by atoms with Gasteiger partial charge in [0.1, 0.15) is 0 Å². The molecule has 0 amide bonds. The van der Waals surface area contributed by atoms with E-state index in [-0.39, 0.29) is 0 Å². The normalized spacial score (nSPS) is 14.9. The summed E-state index contributed by atoms with van der Waals surface area (Å²) in [6.45, 7) is 0. The Bertz CT molecular complexity index is 304. The van der Waals surface area contributed by atoms with Gasteiger partial charge in [0.15, 0.2) is 0 Å². The van der Waals surface area contributed by atoms with Crippen molar-refractivity contribution < 1.29 is 53.4 Å². The average Bonchev–Trinajstić information content (AvgIpc) is 1.98. The quantitative estimate of drug-likeness (QED) is 0.585. The number of hydrogen-bond donors (Lipinski definition) is 0. The van der Waals surface area contributed by atoms with Gasteiger partial charge in [0.2, 0.25) is 0 Å². The maximum atomic E-state index is 12.1. The lowest BCUT2D eigenvalue weighted by molar-refractivity contribution is -0.480. The van der Waals surface area contributed by atoms with Crippen LogP contribution in [0.15, 0.2) is 0 Å². The molecule has 0 saturated carbocycles. The minimum absolute atomic E-state index is 1.51. The summed E-state index contributed by atoms with van der Waals surface area (Å²) in [5.74, 6) is -6.47. The van der Waals surface area contributed by atoms with E-state index in [0.717, 1.165) is 0 Å². The standard InChI is InChI=1S/C5F10O2/c6-1(16)2(7,8)4(12,13)17-5(14,15)3(9,10)11. The van der Waals surface area contributed by atoms with Gasteiger partial charge in [0, 0.05) is 0 Å². The fourth-order valence-corrected chi connectivity index (χ4v) is 0.397. The van der Waals surface area contributed by atoms with Crippen LogP contribution in [-0.4, -0.2) is 30.4 Å². The Kier molecular flexibility index (Phi) is 3.74. The number of carbonyl (C=O) groups is 1. The van der Waals surface area contributed by atoms with E-state index >= 15 is 0 Å². The highest BCUT2D eigenvalue weighted by molar-refractivity contribution is 5.77. The Balaban J connectivity index is 5.20. The smallest absolute Gasteiger partial charge is 0.254 e. The lowest BCUT2D eigenvalue weighted by Gasteiger charge is -2.27. The SMILES string of the molecule is O=C(F)C(F)(F)C(F)(F)OC(F)(F)C(F)(F)F. The van der Waals surface area contributed by atoms with Crippen LogP contribution in [0.3, 0.4) is 0 Å². The van der Waals surface area contributed by atoms with Crippen molar-refractivity contribution in [1.29, 1.82) is 0 Å². The zero-order valence-corrected chi connectivity index (χ0v) is 7.10. The summed E-state index contributed by atoms with van der Waals surface area (Å²) in [6.07, 6.45) is -20.1. The molecule has 0 unspecified atom stereocenters. The fourth-order valence-electron chi connectivity index (χ4n) is 0.397. The van der Waals surface area contributed by atoms with Crippen LogP contribution in [0, 0.1) is 0 Å². The monoisotopic (exact) mass is 282 g/mol. The van der Waals surface area contributed by atoms with Crippen LogP contribution in [0.5, 0.6) is 0 Å². The Morgan fingerprint density at radius 2 is 1.12 bits per heavy atom. The van der Waals surface area contributed by atoms with Crippen LogP contribution in [0.2, 0.25) is 0 Å². The molecular weight excluding hydrogens is 282 g/mol. The van der Waals surface area contributed by atoms with Gasteiger partial charge in [-0.15, -0.1) is 0 Å². The highest BCUT2D eigenvalue weighted by atomic mass is 19.4. The van der Waals surface area contributed by atoms with E-state index in [4.69, 9.17) is 0 Å². The molecule has 0 heterocycles. The minimum atomic E-state index is -6.74. The van der Waals surface area contributed by atoms with Crippen LogP contribution in [0.1, 0.15) is 0 Å². The zero-order valence-electron chi connectivity index (χ0n) is 7.10. The first-order chi connectivity index (χ1) is 7.15. The molecule has 0 aliphatic heterocycles. The Labute approximate surface area is 85.1 Å². The van der Waals surface area contributed by atoms with E-state index < -0.39 is 30.4 Å². The van der Waals surface area contributed by atoms with Gasteiger partial charge in [-0.3, -0.25) is 4.79 Å². The molecule has 0 N–H and O–H groups in total. The van der Waals surface area contributed by atoms with Crippen LogP contribution in [0.4, 0.5) is 43.9 Å². The molecule has 17 heavy (non-hydrogen) atoms. The van der Waals surface area contributed by atoms with Crippen molar-refractivity contribution in [3.05, 3.63) is 0 Å². The summed E-state index contributed by atoms with van der Waals surface area (Å²) < 4.78 is 119. The fraction of sp³-hybridized carbons (Fsp3) is 0.800. The van der Waals surface area contributed by atoms with Crippen molar-refractivity contribution in [2.75, 3.05) is 0 Å². The highest BCUT2D eigenvalue weighted by Crippen LogP contribution is 2.45. The van der Waals surface area contributed by atoms with Crippen LogP contribution in [0.25, 0.3) is 0 Å². The third-order valence-electron chi connectivity index (χ3n) is 1.20. The molecule has 0 bridgehead atoms. The van der Waals surface area contributed by atoms with Crippen LogP contribution >= 0.6 is 0 Å². The molecular formula is C5F10O2. The molecule has 0 aromatic heterocycles. The molecule has 2 nitrogen and oxygen atoms in total. The molecule has 0 aromatic carbocycles. The lowest BCUT2D eigenvalue weighted by Crippen LogP contribution is -2.54. The third-order valence-corrected chi connectivity index (χ3v) is 1.20. The van der Waals surface area contributed by atoms with Crippen molar-refractivity contribution in [2.24, 2.45) is 0 Å². The second-order valence-corrected chi connectivity index (χ2v) is 2.48. The van der Waals surface area contributed by atoms with Crippen molar-refractivity contribution in [1.82, 2.24) is 0 Å². The van der Waals surface area contributed by atoms with Gasteiger partial charge in [-0.25, -0.2) is 4.74 Å². The summed E-state index contributed by atoms with van der Waals surface area (Å²) in [4.78, 5) is 9.34. The van der Waals surface area contributed by atoms with E-state index in [1.54, 1.807) is 0 Å². The summed E-state index contributed by atoms with van der Waals surface area (Å²) in [6, 6.07) is -4.12. The van der Waals surface area contributed by atoms with Gasteiger partial charge in [-0.05, 0) is 0 Å². The second kappa shape index (κ2) is 3.99. The molecule has 0 aliphatic rings. The van der Waals surface area contributed by atoms with Crippen molar-refractivity contribution in [3.8, 4) is 0 Å². The molecule has 0 rings (SSSR count). The van der Waals surface area contributed by atoms with Gasteiger partial charge in [-0.2, -0.15) is 43.9 Å². The molecule has 102 valence electrons. The maximum absolute atomic E-state index is 12.1.